The molecule has 3 rings (SSSR count). The first-order valence-corrected chi connectivity index (χ1v) is 6.60. The summed E-state index contributed by atoms with van der Waals surface area (Å²) in [6.07, 6.45) is 2.12. The number of aromatic nitrogens is 1. The van der Waals surface area contributed by atoms with Crippen LogP contribution < -0.4 is 4.90 Å². The van der Waals surface area contributed by atoms with Crippen LogP contribution in [0.15, 0.2) is 5.38 Å². The predicted octanol–water partition coefficient (Wildman–Crippen LogP) is 1.79. The zero-order valence-corrected chi connectivity index (χ0v) is 10.3. The van der Waals surface area contributed by atoms with E-state index < -0.39 is 0 Å². The number of nitrogens with zero attached hydrogens (tertiary/aromatic N) is 2. The topological polar surface area (TPSA) is 34.6 Å². The minimum absolute atomic E-state index is 0.349. The van der Waals surface area contributed by atoms with Gasteiger partial charge in [-0.15, -0.1) is 11.3 Å². The number of ether oxygens (including phenoxy) is 2. The number of rotatable bonds is 1. The molecule has 1 spiro atoms. The van der Waals surface area contributed by atoms with Crippen LogP contribution in [0.1, 0.15) is 18.5 Å². The Bertz CT molecular complexity index is 374. The van der Waals surface area contributed by atoms with Crippen LogP contribution in [-0.4, -0.2) is 37.1 Å². The van der Waals surface area contributed by atoms with Crippen molar-refractivity contribution in [3.8, 4) is 0 Å². The summed E-state index contributed by atoms with van der Waals surface area (Å²) in [4.78, 5) is 6.81. The average molecular weight is 240 g/mol. The van der Waals surface area contributed by atoms with Crippen molar-refractivity contribution >= 4 is 16.5 Å². The molecule has 2 fully saturated rings. The van der Waals surface area contributed by atoms with E-state index in [1.165, 1.54) is 0 Å². The summed E-state index contributed by atoms with van der Waals surface area (Å²) in [6.45, 7) is 5.36. The molecule has 2 aliphatic heterocycles. The Labute approximate surface area is 99.2 Å². The summed E-state index contributed by atoms with van der Waals surface area (Å²) in [5, 5.41) is 3.18. The molecule has 1 aromatic heterocycles. The first kappa shape index (κ1) is 10.5. The van der Waals surface area contributed by atoms with Crippen LogP contribution in [0.5, 0.6) is 0 Å². The van der Waals surface area contributed by atoms with Gasteiger partial charge in [-0.3, -0.25) is 0 Å². The highest BCUT2D eigenvalue weighted by molar-refractivity contribution is 7.13. The maximum atomic E-state index is 5.75. The smallest absolute Gasteiger partial charge is 0.186 e. The summed E-state index contributed by atoms with van der Waals surface area (Å²) in [5.41, 5.74) is 1.09. The van der Waals surface area contributed by atoms with Gasteiger partial charge < -0.3 is 14.4 Å². The molecule has 0 bridgehead atoms. The van der Waals surface area contributed by atoms with Crippen molar-refractivity contribution in [1.82, 2.24) is 4.98 Å². The highest BCUT2D eigenvalue weighted by Crippen LogP contribution is 2.33. The quantitative estimate of drug-likeness (QED) is 0.749. The third-order valence-corrected chi connectivity index (χ3v) is 4.13. The molecule has 88 valence electrons. The van der Waals surface area contributed by atoms with Gasteiger partial charge in [-0.2, -0.15) is 0 Å². The van der Waals surface area contributed by atoms with Crippen molar-refractivity contribution in [2.45, 2.75) is 25.6 Å². The summed E-state index contributed by atoms with van der Waals surface area (Å²) < 4.78 is 11.5. The summed E-state index contributed by atoms with van der Waals surface area (Å²) in [6, 6.07) is 0. The van der Waals surface area contributed by atoms with Crippen molar-refractivity contribution in [3.63, 3.8) is 0 Å². The normalized spacial score (nSPS) is 24.2. The molecular formula is C11H16N2O2S. The zero-order chi connectivity index (χ0) is 11.0. The van der Waals surface area contributed by atoms with Gasteiger partial charge in [0, 0.05) is 18.3 Å². The maximum absolute atomic E-state index is 5.75. The molecule has 2 saturated heterocycles. The lowest BCUT2D eigenvalue weighted by Crippen LogP contribution is -2.49. The van der Waals surface area contributed by atoms with Crippen LogP contribution in [-0.2, 0) is 9.47 Å². The second kappa shape index (κ2) is 3.98. The highest BCUT2D eigenvalue weighted by Gasteiger charge is 2.41. The molecule has 0 aliphatic carbocycles. The molecule has 0 aromatic carbocycles. The minimum atomic E-state index is -0.349. The monoisotopic (exact) mass is 240 g/mol. The molecular weight excluding hydrogens is 224 g/mol. The predicted molar refractivity (Wildman–Crippen MR) is 62.9 cm³/mol. The summed E-state index contributed by atoms with van der Waals surface area (Å²) in [7, 11) is 0. The number of hydrogen-bond acceptors (Lipinski definition) is 5. The Morgan fingerprint density at radius 2 is 2.25 bits per heavy atom. The van der Waals surface area contributed by atoms with E-state index in [1.807, 2.05) is 6.92 Å². The molecule has 16 heavy (non-hydrogen) atoms. The Morgan fingerprint density at radius 1 is 1.44 bits per heavy atom. The lowest BCUT2D eigenvalue weighted by Gasteiger charge is -2.38. The molecule has 0 atom stereocenters. The first-order chi connectivity index (χ1) is 7.77. The lowest BCUT2D eigenvalue weighted by atomic mass is 10.1. The van der Waals surface area contributed by atoms with Crippen LogP contribution in [0, 0.1) is 6.92 Å². The largest absolute Gasteiger partial charge is 0.346 e. The van der Waals surface area contributed by atoms with Gasteiger partial charge in [0.1, 0.15) is 0 Å². The Kier molecular flexibility index (Phi) is 2.61. The number of piperidine rings is 1. The summed E-state index contributed by atoms with van der Waals surface area (Å²) in [5.74, 6) is -0.349. The van der Waals surface area contributed by atoms with Crippen LogP contribution in [0.4, 0.5) is 5.13 Å². The van der Waals surface area contributed by atoms with Gasteiger partial charge in [-0.1, -0.05) is 0 Å². The second-order valence-electron chi connectivity index (χ2n) is 4.40. The molecule has 0 saturated carbocycles. The molecule has 3 heterocycles. The Morgan fingerprint density at radius 3 is 2.94 bits per heavy atom. The fraction of sp³-hybridized carbons (Fsp3) is 0.727. The van der Waals surface area contributed by atoms with E-state index in [1.54, 1.807) is 11.3 Å². The Hall–Kier alpha value is -0.650. The highest BCUT2D eigenvalue weighted by atomic mass is 32.1. The van der Waals surface area contributed by atoms with Gasteiger partial charge in [0.05, 0.1) is 25.5 Å². The zero-order valence-electron chi connectivity index (χ0n) is 9.44. The van der Waals surface area contributed by atoms with Crippen molar-refractivity contribution < 1.29 is 9.47 Å². The van der Waals surface area contributed by atoms with Gasteiger partial charge in [0.2, 0.25) is 0 Å². The number of aryl methyl sites for hydroxylation is 1. The molecule has 0 N–H and O–H groups in total. The molecule has 0 radical (unpaired) electrons. The van der Waals surface area contributed by atoms with Crippen molar-refractivity contribution in [1.29, 1.82) is 0 Å². The average Bonchev–Trinajstić information content (AvgIpc) is 2.89. The van der Waals surface area contributed by atoms with E-state index in [-0.39, 0.29) is 5.79 Å². The lowest BCUT2D eigenvalue weighted by molar-refractivity contribution is -0.161. The molecule has 5 heteroatoms. The fourth-order valence-corrected chi connectivity index (χ4v) is 3.20. The van der Waals surface area contributed by atoms with Crippen LogP contribution in [0.2, 0.25) is 0 Å². The molecule has 0 amide bonds. The van der Waals surface area contributed by atoms with Crippen molar-refractivity contribution in [2.24, 2.45) is 0 Å². The number of hydrogen-bond donors (Lipinski definition) is 0. The van der Waals surface area contributed by atoms with E-state index in [0.717, 1.165) is 50.0 Å². The van der Waals surface area contributed by atoms with Gasteiger partial charge in [0.25, 0.3) is 0 Å². The molecule has 2 aliphatic rings. The van der Waals surface area contributed by atoms with Gasteiger partial charge in [0.15, 0.2) is 10.9 Å². The second-order valence-corrected chi connectivity index (χ2v) is 5.24. The third kappa shape index (κ3) is 1.83. The van der Waals surface area contributed by atoms with Crippen LogP contribution >= 0.6 is 11.3 Å². The Balaban J connectivity index is 1.77. The fourth-order valence-electron chi connectivity index (χ4n) is 2.37. The summed E-state index contributed by atoms with van der Waals surface area (Å²) >= 11 is 1.70. The van der Waals surface area contributed by atoms with Crippen LogP contribution in [0.25, 0.3) is 0 Å². The van der Waals surface area contributed by atoms with Gasteiger partial charge >= 0.3 is 0 Å². The first-order valence-electron chi connectivity index (χ1n) is 5.72. The van der Waals surface area contributed by atoms with Crippen molar-refractivity contribution in [2.75, 3.05) is 31.2 Å². The third-order valence-electron chi connectivity index (χ3n) is 3.11. The molecule has 0 unspecified atom stereocenters. The van der Waals surface area contributed by atoms with E-state index in [4.69, 9.17) is 9.47 Å². The maximum Gasteiger partial charge on any atom is 0.186 e. The molecule has 1 aromatic rings. The van der Waals surface area contributed by atoms with E-state index in [2.05, 4.69) is 15.3 Å². The molecule has 4 nitrogen and oxygen atoms in total. The standard InChI is InChI=1S/C11H16N2O2S/c1-9-7-16-10(12-9)13-4-2-3-11(8-13)14-5-6-15-11/h7H,2-6,8H2,1H3. The van der Waals surface area contributed by atoms with E-state index in [9.17, 15) is 0 Å². The SMILES string of the molecule is Cc1csc(N2CCCC3(C2)OCCO3)n1. The number of anilines is 1. The van der Waals surface area contributed by atoms with Gasteiger partial charge in [-0.25, -0.2) is 4.98 Å². The van der Waals surface area contributed by atoms with Gasteiger partial charge in [-0.05, 0) is 13.3 Å². The van der Waals surface area contributed by atoms with Crippen LogP contribution in [0.3, 0.4) is 0 Å². The number of thiazole rings is 1. The van der Waals surface area contributed by atoms with E-state index >= 15 is 0 Å². The van der Waals surface area contributed by atoms with Crippen molar-refractivity contribution in [3.05, 3.63) is 11.1 Å². The van der Waals surface area contributed by atoms with E-state index in [0.29, 0.717) is 0 Å². The minimum Gasteiger partial charge on any atom is -0.346 e.